The number of amides is 1. The van der Waals surface area contributed by atoms with Gasteiger partial charge >= 0.3 is 5.97 Å². The Morgan fingerprint density at radius 2 is 1.92 bits per heavy atom. The van der Waals surface area contributed by atoms with Gasteiger partial charge in [-0.05, 0) is 25.5 Å². The van der Waals surface area contributed by atoms with E-state index >= 15 is 0 Å². The van der Waals surface area contributed by atoms with Gasteiger partial charge in [-0.3, -0.25) is 9.48 Å². The van der Waals surface area contributed by atoms with Crippen LogP contribution in [0.2, 0.25) is 0 Å². The number of benzene rings is 1. The van der Waals surface area contributed by atoms with Crippen LogP contribution in [0.15, 0.2) is 36.4 Å². The van der Waals surface area contributed by atoms with Crippen molar-refractivity contribution < 1.29 is 14.7 Å². The quantitative estimate of drug-likeness (QED) is 0.732. The summed E-state index contributed by atoms with van der Waals surface area (Å²) in [6, 6.07) is 9.85. The Morgan fingerprint density at radius 1 is 1.23 bits per heavy atom. The fourth-order valence-corrected chi connectivity index (χ4v) is 3.03. The highest BCUT2D eigenvalue weighted by Gasteiger charge is 2.24. The second-order valence-corrected chi connectivity index (χ2v) is 6.27. The van der Waals surface area contributed by atoms with E-state index in [0.717, 1.165) is 5.56 Å². The van der Waals surface area contributed by atoms with Gasteiger partial charge in [0, 0.05) is 19.2 Å². The highest BCUT2D eigenvalue weighted by molar-refractivity contribution is 6.07. The Balaban J connectivity index is 1.93. The van der Waals surface area contributed by atoms with Crippen LogP contribution in [-0.4, -0.2) is 37.8 Å². The summed E-state index contributed by atoms with van der Waals surface area (Å²) in [5, 5.41) is 17.1. The molecule has 0 unspecified atom stereocenters. The molecular formula is C19H20N4O3. The molecule has 0 spiro atoms. The Labute approximate surface area is 150 Å². The SMILES string of the molecule is Cc1cc(C(=O)N[C@@H](Cc2ccccc2)C(=O)O)c2c(C)nn(C)c2n1. The summed E-state index contributed by atoms with van der Waals surface area (Å²) < 4.78 is 1.62. The highest BCUT2D eigenvalue weighted by atomic mass is 16.4. The van der Waals surface area contributed by atoms with E-state index in [4.69, 9.17) is 0 Å². The third kappa shape index (κ3) is 3.42. The summed E-state index contributed by atoms with van der Waals surface area (Å²) in [6.07, 6.45) is 0.209. The summed E-state index contributed by atoms with van der Waals surface area (Å²) in [6.45, 7) is 3.59. The lowest BCUT2D eigenvalue weighted by atomic mass is 10.0. The van der Waals surface area contributed by atoms with Crippen molar-refractivity contribution >= 4 is 22.9 Å². The van der Waals surface area contributed by atoms with E-state index in [2.05, 4.69) is 15.4 Å². The Bertz CT molecular complexity index is 979. The number of carbonyl (C=O) groups is 2. The van der Waals surface area contributed by atoms with Crippen LogP contribution in [0.3, 0.4) is 0 Å². The normalized spacial score (nSPS) is 12.1. The minimum absolute atomic E-state index is 0.209. The van der Waals surface area contributed by atoms with Crippen LogP contribution in [0, 0.1) is 13.8 Å². The number of carboxylic acid groups (broad SMARTS) is 1. The number of nitrogens with zero attached hydrogens (tertiary/aromatic N) is 3. The Hall–Kier alpha value is -3.22. The maximum Gasteiger partial charge on any atom is 0.326 e. The van der Waals surface area contributed by atoms with Crippen molar-refractivity contribution in [3.8, 4) is 0 Å². The summed E-state index contributed by atoms with van der Waals surface area (Å²) in [5.41, 5.74) is 3.17. The molecule has 0 aliphatic rings. The topological polar surface area (TPSA) is 97.1 Å². The number of carbonyl (C=O) groups excluding carboxylic acids is 1. The summed E-state index contributed by atoms with van der Waals surface area (Å²) >= 11 is 0. The van der Waals surface area contributed by atoms with E-state index in [9.17, 15) is 14.7 Å². The molecule has 26 heavy (non-hydrogen) atoms. The standard InChI is InChI=1S/C19H20N4O3/c1-11-9-14(16-12(2)22-23(3)17(16)20-11)18(24)21-15(19(25)26)10-13-7-5-4-6-8-13/h4-9,15H,10H2,1-3H3,(H,21,24)(H,25,26)/t15-/m0/s1. The monoisotopic (exact) mass is 352 g/mol. The fourth-order valence-electron chi connectivity index (χ4n) is 3.03. The van der Waals surface area contributed by atoms with Gasteiger partial charge in [0.1, 0.15) is 6.04 Å². The van der Waals surface area contributed by atoms with Gasteiger partial charge in [-0.15, -0.1) is 0 Å². The second-order valence-electron chi connectivity index (χ2n) is 6.27. The number of hydrogen-bond donors (Lipinski definition) is 2. The number of hydrogen-bond acceptors (Lipinski definition) is 4. The van der Waals surface area contributed by atoms with Crippen LogP contribution < -0.4 is 5.32 Å². The van der Waals surface area contributed by atoms with Crippen molar-refractivity contribution in [2.45, 2.75) is 26.3 Å². The Morgan fingerprint density at radius 3 is 2.58 bits per heavy atom. The maximum absolute atomic E-state index is 12.8. The second kappa shape index (κ2) is 6.95. The van der Waals surface area contributed by atoms with Crippen molar-refractivity contribution in [2.24, 2.45) is 7.05 Å². The molecule has 0 saturated carbocycles. The largest absolute Gasteiger partial charge is 0.480 e. The van der Waals surface area contributed by atoms with Crippen molar-refractivity contribution in [3.63, 3.8) is 0 Å². The van der Waals surface area contributed by atoms with Crippen LogP contribution in [0.1, 0.15) is 27.3 Å². The van der Waals surface area contributed by atoms with Gasteiger partial charge in [-0.25, -0.2) is 9.78 Å². The number of carboxylic acids is 1. The molecule has 0 radical (unpaired) electrons. The molecule has 0 bridgehead atoms. The lowest BCUT2D eigenvalue weighted by Crippen LogP contribution is -2.42. The summed E-state index contributed by atoms with van der Waals surface area (Å²) in [4.78, 5) is 28.9. The molecule has 134 valence electrons. The third-order valence-corrected chi connectivity index (χ3v) is 4.23. The molecule has 7 nitrogen and oxygen atoms in total. The molecule has 0 aliphatic carbocycles. The molecule has 1 atom stereocenters. The van der Waals surface area contributed by atoms with Gasteiger partial charge in [-0.1, -0.05) is 30.3 Å². The first-order valence-corrected chi connectivity index (χ1v) is 8.25. The molecule has 7 heteroatoms. The van der Waals surface area contributed by atoms with Crippen LogP contribution in [0.25, 0.3) is 11.0 Å². The fraction of sp³-hybridized carbons (Fsp3) is 0.263. The average molecular weight is 352 g/mol. The van der Waals surface area contributed by atoms with Gasteiger partial charge in [0.2, 0.25) is 0 Å². The van der Waals surface area contributed by atoms with Crippen molar-refractivity contribution in [3.05, 3.63) is 58.9 Å². The van der Waals surface area contributed by atoms with Gasteiger partial charge < -0.3 is 10.4 Å². The van der Waals surface area contributed by atoms with Crippen LogP contribution >= 0.6 is 0 Å². The zero-order chi connectivity index (χ0) is 18.8. The number of aliphatic carboxylic acids is 1. The number of fused-ring (bicyclic) bond motifs is 1. The van der Waals surface area contributed by atoms with Gasteiger partial charge in [0.15, 0.2) is 5.65 Å². The van der Waals surface area contributed by atoms with E-state index < -0.39 is 17.9 Å². The summed E-state index contributed by atoms with van der Waals surface area (Å²) in [5.74, 6) is -1.52. The summed E-state index contributed by atoms with van der Waals surface area (Å²) in [7, 11) is 1.76. The zero-order valence-electron chi connectivity index (χ0n) is 14.9. The first-order valence-electron chi connectivity index (χ1n) is 8.25. The number of aromatic nitrogens is 3. The van der Waals surface area contributed by atoms with Gasteiger partial charge in [0.25, 0.3) is 5.91 Å². The molecule has 0 saturated heterocycles. The number of nitrogens with one attached hydrogen (secondary N) is 1. The lowest BCUT2D eigenvalue weighted by Gasteiger charge is -2.15. The van der Waals surface area contributed by atoms with Crippen LogP contribution in [0.5, 0.6) is 0 Å². The molecule has 1 amide bonds. The highest BCUT2D eigenvalue weighted by Crippen LogP contribution is 2.21. The molecule has 3 rings (SSSR count). The predicted octanol–water partition coefficient (Wildman–Crippen LogP) is 2.01. The smallest absolute Gasteiger partial charge is 0.326 e. The van der Waals surface area contributed by atoms with Gasteiger partial charge in [-0.2, -0.15) is 5.10 Å². The van der Waals surface area contributed by atoms with E-state index in [1.165, 1.54) is 0 Å². The minimum Gasteiger partial charge on any atom is -0.480 e. The molecular weight excluding hydrogens is 332 g/mol. The number of aryl methyl sites for hydroxylation is 3. The molecule has 0 aliphatic heterocycles. The number of rotatable bonds is 5. The first-order chi connectivity index (χ1) is 12.4. The van der Waals surface area contributed by atoms with E-state index in [-0.39, 0.29) is 6.42 Å². The van der Waals surface area contributed by atoms with Crippen LogP contribution in [0.4, 0.5) is 0 Å². The number of pyridine rings is 1. The van der Waals surface area contributed by atoms with E-state index in [0.29, 0.717) is 28.0 Å². The Kier molecular flexibility index (Phi) is 4.71. The molecule has 3 aromatic rings. The van der Waals surface area contributed by atoms with Gasteiger partial charge in [0.05, 0.1) is 16.6 Å². The molecule has 2 aromatic heterocycles. The van der Waals surface area contributed by atoms with E-state index in [1.807, 2.05) is 30.3 Å². The van der Waals surface area contributed by atoms with E-state index in [1.54, 1.807) is 31.6 Å². The predicted molar refractivity (Wildman–Crippen MR) is 97.0 cm³/mol. The van der Waals surface area contributed by atoms with Crippen molar-refractivity contribution in [1.82, 2.24) is 20.1 Å². The maximum atomic E-state index is 12.8. The van der Waals surface area contributed by atoms with Crippen molar-refractivity contribution in [2.75, 3.05) is 0 Å². The van der Waals surface area contributed by atoms with Crippen molar-refractivity contribution in [1.29, 1.82) is 0 Å². The van der Waals surface area contributed by atoms with Crippen LogP contribution in [-0.2, 0) is 18.3 Å². The first kappa shape index (κ1) is 17.6. The average Bonchev–Trinajstić information content (AvgIpc) is 2.88. The minimum atomic E-state index is -1.08. The zero-order valence-corrected chi connectivity index (χ0v) is 14.9. The molecule has 0 fully saturated rings. The molecule has 2 heterocycles. The lowest BCUT2D eigenvalue weighted by molar-refractivity contribution is -0.139. The third-order valence-electron chi connectivity index (χ3n) is 4.23. The molecule has 1 aromatic carbocycles. The molecule has 2 N–H and O–H groups in total.